The van der Waals surface area contributed by atoms with Crippen LogP contribution in [0.1, 0.15) is 24.8 Å². The number of aromatic nitrogens is 3. The van der Waals surface area contributed by atoms with Crippen LogP contribution in [-0.4, -0.2) is 27.6 Å². The lowest BCUT2D eigenvalue weighted by molar-refractivity contribution is 0.253. The topological polar surface area (TPSA) is 94.8 Å². The summed E-state index contributed by atoms with van der Waals surface area (Å²) in [6.45, 7) is 1.17. The van der Waals surface area contributed by atoms with Crippen LogP contribution in [0.4, 0.5) is 5.95 Å². The molecule has 6 nitrogen and oxygen atoms in total. The fraction of sp³-hybridized carbons (Fsp3) is 0.250. The molecule has 0 unspecified atom stereocenters. The summed E-state index contributed by atoms with van der Waals surface area (Å²) in [7, 11) is 0. The summed E-state index contributed by atoms with van der Waals surface area (Å²) in [6, 6.07) is 21.1. The Balaban J connectivity index is 1.63. The van der Waals surface area contributed by atoms with Gasteiger partial charge in [-0.3, -0.25) is 0 Å². The van der Waals surface area contributed by atoms with Crippen LogP contribution in [0.5, 0.6) is 0 Å². The van der Waals surface area contributed by atoms with E-state index < -0.39 is 0 Å². The molecule has 4 aromatic rings. The first kappa shape index (κ1) is 18.8. The average molecular weight is 399 g/mol. The number of nitrogens with two attached hydrogens (primary N) is 2. The quantitative estimate of drug-likeness (QED) is 0.459. The molecule has 0 aliphatic heterocycles. The Bertz CT molecular complexity index is 1160. The smallest absolute Gasteiger partial charge is 0.223 e. The lowest BCUT2D eigenvalue weighted by atomic mass is 9.73. The maximum atomic E-state index is 6.52. The van der Waals surface area contributed by atoms with Crippen molar-refractivity contribution in [1.82, 2.24) is 14.5 Å². The van der Waals surface area contributed by atoms with Crippen molar-refractivity contribution in [2.45, 2.75) is 24.8 Å². The molecular weight excluding hydrogens is 372 g/mol. The molecule has 1 fully saturated rings. The Morgan fingerprint density at radius 1 is 1.03 bits per heavy atom. The molecule has 0 radical (unpaired) electrons. The number of hydrogen-bond acceptors (Lipinski definition) is 5. The minimum atomic E-state index is -0.160. The molecule has 1 aliphatic carbocycles. The number of rotatable bonds is 6. The Morgan fingerprint density at radius 2 is 1.80 bits per heavy atom. The molecule has 2 heterocycles. The van der Waals surface area contributed by atoms with E-state index >= 15 is 0 Å². The van der Waals surface area contributed by atoms with Crippen LogP contribution < -0.4 is 16.8 Å². The van der Waals surface area contributed by atoms with Gasteiger partial charge in [0, 0.05) is 24.3 Å². The van der Waals surface area contributed by atoms with Crippen LogP contribution >= 0.6 is 0 Å². The number of nitrogens with one attached hydrogen (secondary N) is 1. The summed E-state index contributed by atoms with van der Waals surface area (Å²) >= 11 is 0. The van der Waals surface area contributed by atoms with Gasteiger partial charge in [0.25, 0.3) is 0 Å². The Labute approximate surface area is 175 Å². The van der Waals surface area contributed by atoms with Gasteiger partial charge >= 0.3 is 0 Å². The molecule has 0 spiro atoms. The predicted octanol–water partition coefficient (Wildman–Crippen LogP) is 3.80. The van der Waals surface area contributed by atoms with Crippen molar-refractivity contribution in [3.8, 4) is 16.9 Å². The fourth-order valence-electron chi connectivity index (χ4n) is 4.15. The van der Waals surface area contributed by atoms with E-state index in [1.807, 2.05) is 12.3 Å². The number of fused-ring (bicyclic) bond motifs is 1. The molecule has 0 saturated heterocycles. The highest BCUT2D eigenvalue weighted by molar-refractivity contribution is 5.86. The Hall–Kier alpha value is -3.22. The van der Waals surface area contributed by atoms with Gasteiger partial charge in [0.05, 0.1) is 22.9 Å². The molecule has 0 bridgehead atoms. The van der Waals surface area contributed by atoms with Gasteiger partial charge in [-0.05, 0) is 48.6 Å². The van der Waals surface area contributed by atoms with Gasteiger partial charge in [0.1, 0.15) is 0 Å². The molecule has 2 aromatic heterocycles. The van der Waals surface area contributed by atoms with Crippen molar-refractivity contribution in [2.75, 3.05) is 18.4 Å². The van der Waals surface area contributed by atoms with E-state index in [4.69, 9.17) is 16.5 Å². The van der Waals surface area contributed by atoms with E-state index in [0.29, 0.717) is 19.0 Å². The maximum absolute atomic E-state index is 6.52. The predicted molar refractivity (Wildman–Crippen MR) is 122 cm³/mol. The summed E-state index contributed by atoms with van der Waals surface area (Å²) in [6.07, 6.45) is 5.19. The fourth-order valence-corrected chi connectivity index (χ4v) is 4.15. The lowest BCUT2D eigenvalue weighted by Gasteiger charge is -2.38. The second kappa shape index (κ2) is 7.55. The first-order valence-corrected chi connectivity index (χ1v) is 10.5. The molecule has 2 aromatic carbocycles. The van der Waals surface area contributed by atoms with Crippen molar-refractivity contribution in [1.29, 1.82) is 0 Å². The van der Waals surface area contributed by atoms with Crippen molar-refractivity contribution in [3.63, 3.8) is 0 Å². The third-order valence-electron chi connectivity index (χ3n) is 6.00. The molecule has 5 rings (SSSR count). The number of hydrogen-bond donors (Lipinski definition) is 3. The minimum Gasteiger partial charge on any atom is -0.353 e. The van der Waals surface area contributed by atoms with E-state index in [-0.39, 0.29) is 5.54 Å². The van der Waals surface area contributed by atoms with Gasteiger partial charge in [-0.1, -0.05) is 42.5 Å². The summed E-state index contributed by atoms with van der Waals surface area (Å²) in [5, 5.41) is 3.16. The molecule has 152 valence electrons. The van der Waals surface area contributed by atoms with Crippen molar-refractivity contribution < 1.29 is 0 Å². The van der Waals surface area contributed by atoms with Gasteiger partial charge in [0.15, 0.2) is 0 Å². The van der Waals surface area contributed by atoms with Crippen molar-refractivity contribution in [3.05, 3.63) is 72.4 Å². The zero-order chi connectivity index (χ0) is 20.6. The highest BCUT2D eigenvalue weighted by Crippen LogP contribution is 2.39. The number of anilines is 1. The molecule has 30 heavy (non-hydrogen) atoms. The highest BCUT2D eigenvalue weighted by atomic mass is 15.1. The van der Waals surface area contributed by atoms with Gasteiger partial charge in [-0.15, -0.1) is 0 Å². The summed E-state index contributed by atoms with van der Waals surface area (Å²) in [4.78, 5) is 9.20. The van der Waals surface area contributed by atoms with E-state index in [1.54, 1.807) is 0 Å². The van der Waals surface area contributed by atoms with Gasteiger partial charge in [0.2, 0.25) is 5.95 Å². The lowest BCUT2D eigenvalue weighted by Crippen LogP contribution is -2.43. The van der Waals surface area contributed by atoms with Gasteiger partial charge in [-0.25, -0.2) is 9.97 Å². The van der Waals surface area contributed by atoms with Crippen LogP contribution in [0.2, 0.25) is 0 Å². The third kappa shape index (κ3) is 3.24. The molecule has 1 aliphatic rings. The van der Waals surface area contributed by atoms with Crippen LogP contribution in [-0.2, 0) is 5.54 Å². The molecule has 5 N–H and O–H groups in total. The average Bonchev–Trinajstić information content (AvgIpc) is 3.15. The summed E-state index contributed by atoms with van der Waals surface area (Å²) in [5.74, 6) is 0.593. The van der Waals surface area contributed by atoms with Crippen molar-refractivity contribution >= 4 is 17.0 Å². The largest absolute Gasteiger partial charge is 0.353 e. The Kier molecular flexibility index (Phi) is 4.73. The van der Waals surface area contributed by atoms with Gasteiger partial charge < -0.3 is 21.4 Å². The second-order valence-electron chi connectivity index (χ2n) is 7.97. The van der Waals surface area contributed by atoms with E-state index in [2.05, 4.69) is 69.5 Å². The maximum Gasteiger partial charge on any atom is 0.223 e. The second-order valence-corrected chi connectivity index (χ2v) is 7.97. The minimum absolute atomic E-state index is 0.160. The first-order chi connectivity index (χ1) is 14.7. The van der Waals surface area contributed by atoms with Crippen molar-refractivity contribution in [2.24, 2.45) is 11.5 Å². The Morgan fingerprint density at radius 3 is 2.47 bits per heavy atom. The number of nitrogens with zero attached hydrogens (tertiary/aromatic N) is 3. The van der Waals surface area contributed by atoms with Crippen LogP contribution in [0.3, 0.4) is 0 Å². The highest BCUT2D eigenvalue weighted by Gasteiger charge is 2.34. The molecular formula is C24H26N6. The molecule has 6 heteroatoms. The third-order valence-corrected chi connectivity index (χ3v) is 6.00. The normalized spacial score (nSPS) is 15.1. The van der Waals surface area contributed by atoms with E-state index in [9.17, 15) is 0 Å². The van der Waals surface area contributed by atoms with Crippen LogP contribution in [0, 0.1) is 0 Å². The van der Waals surface area contributed by atoms with Gasteiger partial charge in [-0.2, -0.15) is 0 Å². The zero-order valence-corrected chi connectivity index (χ0v) is 16.9. The standard InChI is InChI=1S/C24H26N6/c25-13-14-27-23-28-16-22-20(29-23)15-21(17-5-2-1-3-6-17)30(22)19-9-7-18(8-10-19)24(26)11-4-12-24/h1-3,5-10,15-16H,4,11-14,25-26H2,(H,27,28,29). The zero-order valence-electron chi connectivity index (χ0n) is 16.9. The van der Waals surface area contributed by atoms with E-state index in [0.717, 1.165) is 40.8 Å². The molecule has 0 atom stereocenters. The van der Waals surface area contributed by atoms with Crippen LogP contribution in [0.25, 0.3) is 28.0 Å². The monoisotopic (exact) mass is 398 g/mol. The molecule has 0 amide bonds. The SMILES string of the molecule is NCCNc1ncc2c(cc(-c3ccccc3)n2-c2ccc(C3(N)CCC3)cc2)n1. The number of benzene rings is 2. The summed E-state index contributed by atoms with van der Waals surface area (Å²) in [5.41, 5.74) is 18.3. The first-order valence-electron chi connectivity index (χ1n) is 10.5. The van der Waals surface area contributed by atoms with E-state index in [1.165, 1.54) is 12.0 Å². The van der Waals surface area contributed by atoms with Crippen LogP contribution in [0.15, 0.2) is 66.9 Å². The molecule has 1 saturated carbocycles. The summed E-state index contributed by atoms with van der Waals surface area (Å²) < 4.78 is 2.21.